The van der Waals surface area contributed by atoms with Gasteiger partial charge >= 0.3 is 0 Å². The highest BCUT2D eigenvalue weighted by atomic mass is 32.2. The molecule has 2 aromatic rings. The van der Waals surface area contributed by atoms with Crippen LogP contribution in [0.25, 0.3) is 0 Å². The second kappa shape index (κ2) is 10.5. The van der Waals surface area contributed by atoms with E-state index in [2.05, 4.69) is 20.7 Å². The van der Waals surface area contributed by atoms with Gasteiger partial charge in [0.1, 0.15) is 27.7 Å². The fourth-order valence-electron chi connectivity index (χ4n) is 3.94. The van der Waals surface area contributed by atoms with Crippen molar-refractivity contribution in [2.45, 2.75) is 37.2 Å². The maximum Gasteiger partial charge on any atom is 0.272 e. The first kappa shape index (κ1) is 24.2. The first-order valence-corrected chi connectivity index (χ1v) is 12.1. The Bertz CT molecular complexity index is 1100. The molecule has 1 amide bonds. The van der Waals surface area contributed by atoms with E-state index in [1.807, 2.05) is 30.3 Å². The van der Waals surface area contributed by atoms with Crippen LogP contribution in [-0.2, 0) is 9.67 Å². The second-order valence-electron chi connectivity index (χ2n) is 8.15. The first-order chi connectivity index (χ1) is 16.4. The lowest BCUT2D eigenvalue weighted by Gasteiger charge is -2.36. The number of rotatable bonds is 7. The standard InChI is InChI=1S/C24H27F2N5O2S/c1-16(32)22(33)31-24(17-7-3-2-4-8-17,11-5-12-27-23-28-13-6-14-29-23)34-21(30-31)19-15-18(25)9-10-20(19)26/h2-4,7-10,15-16,32H,5-6,11-14H2,1H3,(H2,27,28,29)/t16-,24?/m0/s1. The van der Waals surface area contributed by atoms with E-state index in [4.69, 9.17) is 0 Å². The molecule has 0 aromatic heterocycles. The third kappa shape index (κ3) is 5.07. The van der Waals surface area contributed by atoms with Crippen LogP contribution < -0.4 is 10.6 Å². The molecule has 2 atom stereocenters. The average Bonchev–Trinajstić information content (AvgIpc) is 3.24. The molecule has 0 aliphatic carbocycles. The normalized spacial score (nSPS) is 20.9. The third-order valence-corrected chi connectivity index (χ3v) is 7.08. The van der Waals surface area contributed by atoms with Gasteiger partial charge in [0.15, 0.2) is 5.96 Å². The monoisotopic (exact) mass is 487 g/mol. The van der Waals surface area contributed by atoms with Crippen LogP contribution in [0.15, 0.2) is 58.6 Å². The highest BCUT2D eigenvalue weighted by Gasteiger charge is 2.49. The number of guanidine groups is 1. The molecule has 34 heavy (non-hydrogen) atoms. The summed E-state index contributed by atoms with van der Waals surface area (Å²) in [7, 11) is 0. The minimum atomic E-state index is -1.32. The van der Waals surface area contributed by atoms with Crippen molar-refractivity contribution in [3.8, 4) is 0 Å². The minimum absolute atomic E-state index is 0.0231. The number of nitrogens with zero attached hydrogens (tertiary/aromatic N) is 3. The van der Waals surface area contributed by atoms with E-state index in [1.54, 1.807) is 0 Å². The highest BCUT2D eigenvalue weighted by Crippen LogP contribution is 2.50. The summed E-state index contributed by atoms with van der Waals surface area (Å²) >= 11 is 1.19. The van der Waals surface area contributed by atoms with Gasteiger partial charge in [-0.2, -0.15) is 5.10 Å². The number of hydrazone groups is 1. The SMILES string of the molecule is C[C@H](O)C(=O)N1N=C(c2cc(F)ccc2F)SC1(CCCNC1=NCCCN1)c1ccccc1. The summed E-state index contributed by atoms with van der Waals surface area (Å²) in [6.45, 7) is 3.59. The maximum atomic E-state index is 14.6. The van der Waals surface area contributed by atoms with Crippen molar-refractivity contribution in [1.82, 2.24) is 15.6 Å². The number of thioether (sulfide) groups is 1. The summed E-state index contributed by atoms with van der Waals surface area (Å²) in [5.74, 6) is -1.11. The highest BCUT2D eigenvalue weighted by molar-refractivity contribution is 8.15. The van der Waals surface area contributed by atoms with Crippen LogP contribution in [0.5, 0.6) is 0 Å². The van der Waals surface area contributed by atoms with Crippen molar-refractivity contribution in [2.24, 2.45) is 10.1 Å². The Morgan fingerprint density at radius 2 is 2.09 bits per heavy atom. The molecule has 1 unspecified atom stereocenters. The lowest BCUT2D eigenvalue weighted by Crippen LogP contribution is -2.46. The fraction of sp³-hybridized carbons (Fsp3) is 0.375. The number of aliphatic imine (C=N–C) groups is 1. The average molecular weight is 488 g/mol. The van der Waals surface area contributed by atoms with Crippen LogP contribution >= 0.6 is 11.8 Å². The van der Waals surface area contributed by atoms with Crippen LogP contribution in [0, 0.1) is 11.6 Å². The topological polar surface area (TPSA) is 89.3 Å². The predicted molar refractivity (Wildman–Crippen MR) is 129 cm³/mol. The number of benzene rings is 2. The molecule has 0 fully saturated rings. The molecule has 0 saturated heterocycles. The number of hydrogen-bond acceptors (Lipinski definition) is 7. The van der Waals surface area contributed by atoms with Gasteiger partial charge in [-0.15, -0.1) is 0 Å². The largest absolute Gasteiger partial charge is 0.383 e. The summed E-state index contributed by atoms with van der Waals surface area (Å²) < 4.78 is 28.6. The molecule has 2 heterocycles. The molecule has 2 aliphatic rings. The number of hydrogen-bond donors (Lipinski definition) is 3. The van der Waals surface area contributed by atoms with Crippen LogP contribution in [0.2, 0.25) is 0 Å². The molecule has 7 nitrogen and oxygen atoms in total. The Morgan fingerprint density at radius 1 is 1.29 bits per heavy atom. The zero-order chi connectivity index (χ0) is 24.1. The Morgan fingerprint density at radius 3 is 2.79 bits per heavy atom. The summed E-state index contributed by atoms with van der Waals surface area (Å²) in [5, 5.41) is 22.4. The summed E-state index contributed by atoms with van der Waals surface area (Å²) in [6, 6.07) is 12.5. The smallest absolute Gasteiger partial charge is 0.272 e. The zero-order valence-corrected chi connectivity index (χ0v) is 19.6. The molecule has 10 heteroatoms. The van der Waals surface area contributed by atoms with Crippen molar-refractivity contribution in [3.63, 3.8) is 0 Å². The lowest BCUT2D eigenvalue weighted by atomic mass is 9.99. The van der Waals surface area contributed by atoms with Crippen molar-refractivity contribution >= 4 is 28.7 Å². The van der Waals surface area contributed by atoms with E-state index in [0.29, 0.717) is 19.4 Å². The molecule has 2 aromatic carbocycles. The van der Waals surface area contributed by atoms with Gasteiger partial charge in [-0.3, -0.25) is 9.79 Å². The van der Waals surface area contributed by atoms with E-state index in [-0.39, 0.29) is 10.6 Å². The molecule has 180 valence electrons. The minimum Gasteiger partial charge on any atom is -0.383 e. The van der Waals surface area contributed by atoms with E-state index >= 15 is 0 Å². The Kier molecular flexibility index (Phi) is 7.47. The number of carbonyl (C=O) groups excluding carboxylic acids is 1. The van der Waals surface area contributed by atoms with Crippen LogP contribution in [0.4, 0.5) is 8.78 Å². The molecule has 2 aliphatic heterocycles. The molecular weight excluding hydrogens is 460 g/mol. The van der Waals surface area contributed by atoms with Gasteiger partial charge in [-0.25, -0.2) is 13.8 Å². The predicted octanol–water partition coefficient (Wildman–Crippen LogP) is 3.15. The number of carbonyl (C=O) groups is 1. The van der Waals surface area contributed by atoms with Crippen molar-refractivity contribution in [3.05, 3.63) is 71.3 Å². The van der Waals surface area contributed by atoms with E-state index in [1.165, 1.54) is 23.7 Å². The summed E-state index contributed by atoms with van der Waals surface area (Å²) in [5.41, 5.74) is 0.753. The van der Waals surface area contributed by atoms with Crippen molar-refractivity contribution in [1.29, 1.82) is 0 Å². The molecule has 0 spiro atoms. The fourth-order valence-corrected chi connectivity index (χ4v) is 5.36. The Labute approximate surface area is 201 Å². The summed E-state index contributed by atoms with van der Waals surface area (Å²) in [4.78, 5) is 16.5. The number of aliphatic hydroxyl groups excluding tert-OH is 1. The quantitative estimate of drug-likeness (QED) is 0.522. The second-order valence-corrected chi connectivity index (χ2v) is 9.41. The number of nitrogens with one attached hydrogen (secondary N) is 2. The molecule has 0 saturated carbocycles. The van der Waals surface area contributed by atoms with E-state index in [9.17, 15) is 18.7 Å². The van der Waals surface area contributed by atoms with Gasteiger partial charge in [0.05, 0.1) is 0 Å². The van der Waals surface area contributed by atoms with E-state index < -0.39 is 28.5 Å². The van der Waals surface area contributed by atoms with Crippen LogP contribution in [0.3, 0.4) is 0 Å². The summed E-state index contributed by atoms with van der Waals surface area (Å²) in [6.07, 6.45) is 0.750. The van der Waals surface area contributed by atoms with Crippen molar-refractivity contribution < 1.29 is 18.7 Å². The van der Waals surface area contributed by atoms with Gasteiger partial charge in [0.2, 0.25) is 0 Å². The molecular formula is C24H27F2N5O2S. The van der Waals surface area contributed by atoms with Crippen molar-refractivity contribution in [2.75, 3.05) is 19.6 Å². The zero-order valence-electron chi connectivity index (χ0n) is 18.8. The Hall–Kier alpha value is -2.98. The van der Waals surface area contributed by atoms with Gasteiger partial charge in [0.25, 0.3) is 5.91 Å². The Balaban J connectivity index is 1.67. The van der Waals surface area contributed by atoms with Gasteiger partial charge in [0, 0.05) is 25.2 Å². The first-order valence-electron chi connectivity index (χ1n) is 11.2. The van der Waals surface area contributed by atoms with Gasteiger partial charge < -0.3 is 15.7 Å². The van der Waals surface area contributed by atoms with Gasteiger partial charge in [-0.05, 0) is 49.9 Å². The number of halogens is 2. The number of amides is 1. The van der Waals surface area contributed by atoms with E-state index in [0.717, 1.165) is 49.2 Å². The molecule has 4 rings (SSSR count). The maximum absolute atomic E-state index is 14.6. The lowest BCUT2D eigenvalue weighted by molar-refractivity contribution is -0.143. The molecule has 3 N–H and O–H groups in total. The molecule has 0 radical (unpaired) electrons. The molecule has 0 bridgehead atoms. The van der Waals surface area contributed by atoms with Gasteiger partial charge in [-0.1, -0.05) is 42.1 Å². The third-order valence-electron chi connectivity index (χ3n) is 5.63. The van der Waals surface area contributed by atoms with Crippen LogP contribution in [0.1, 0.15) is 37.3 Å². The van der Waals surface area contributed by atoms with Crippen LogP contribution in [-0.4, -0.2) is 52.8 Å². The number of aliphatic hydroxyl groups is 1.